The molecule has 0 saturated heterocycles. The maximum absolute atomic E-state index is 13.4. The van der Waals surface area contributed by atoms with Gasteiger partial charge < -0.3 is 10.0 Å². The molecule has 3 heteroatoms. The average Bonchev–Trinajstić information content (AvgIpc) is 2.46. The summed E-state index contributed by atoms with van der Waals surface area (Å²) in [6.07, 6.45) is 5.55. The van der Waals surface area contributed by atoms with E-state index in [1.807, 2.05) is 0 Å². The molecule has 1 atom stereocenters. The minimum atomic E-state index is -0.643. The molecule has 1 saturated carbocycles. The van der Waals surface area contributed by atoms with Crippen LogP contribution in [-0.2, 0) is 0 Å². The van der Waals surface area contributed by atoms with E-state index in [9.17, 15) is 9.50 Å². The van der Waals surface area contributed by atoms with Gasteiger partial charge in [-0.05, 0) is 56.7 Å². The lowest BCUT2D eigenvalue weighted by molar-refractivity contribution is 0.199. The molecule has 1 fully saturated rings. The highest BCUT2D eigenvalue weighted by atomic mass is 19.1. The normalized spacial score (nSPS) is 24.4. The number of anilines is 1. The zero-order chi connectivity index (χ0) is 14.7. The smallest absolute Gasteiger partial charge is 0.123 e. The Hall–Kier alpha value is -1.09. The molecule has 2 nitrogen and oxygen atoms in total. The van der Waals surface area contributed by atoms with Crippen molar-refractivity contribution in [1.82, 2.24) is 0 Å². The first-order chi connectivity index (χ1) is 9.52. The van der Waals surface area contributed by atoms with Gasteiger partial charge in [0, 0.05) is 24.3 Å². The molecule has 1 aliphatic carbocycles. The number of hydrogen-bond acceptors (Lipinski definition) is 2. The second kappa shape index (κ2) is 6.57. The van der Waals surface area contributed by atoms with Crippen molar-refractivity contribution in [2.24, 2.45) is 5.92 Å². The van der Waals surface area contributed by atoms with Crippen LogP contribution in [0.1, 0.15) is 57.6 Å². The highest BCUT2D eigenvalue weighted by Crippen LogP contribution is 2.34. The molecular weight excluding hydrogens is 253 g/mol. The lowest BCUT2D eigenvalue weighted by Gasteiger charge is -2.37. The molecule has 1 aliphatic rings. The van der Waals surface area contributed by atoms with Crippen LogP contribution in [0.15, 0.2) is 18.2 Å². The molecule has 0 amide bonds. The molecule has 1 aromatic carbocycles. The Morgan fingerprint density at radius 2 is 1.95 bits per heavy atom. The van der Waals surface area contributed by atoms with Crippen molar-refractivity contribution in [2.45, 2.75) is 58.1 Å². The Labute approximate surface area is 121 Å². The van der Waals surface area contributed by atoms with Gasteiger partial charge in [-0.2, -0.15) is 0 Å². The number of aliphatic hydroxyl groups is 1. The number of nitrogens with zero attached hydrogens (tertiary/aromatic N) is 1. The van der Waals surface area contributed by atoms with E-state index in [-0.39, 0.29) is 5.82 Å². The molecule has 0 radical (unpaired) electrons. The molecule has 1 unspecified atom stereocenters. The maximum atomic E-state index is 13.4. The van der Waals surface area contributed by atoms with Crippen LogP contribution in [0.2, 0.25) is 0 Å². The summed E-state index contributed by atoms with van der Waals surface area (Å²) < 4.78 is 13.4. The molecule has 112 valence electrons. The zero-order valence-electron chi connectivity index (χ0n) is 12.8. The summed E-state index contributed by atoms with van der Waals surface area (Å²) in [7, 11) is 2.07. The standard InChI is InChI=1S/C17H26FNO/c1-4-13-5-8-15(9-6-13)19(3)17-10-7-14(18)11-16(17)12(2)20/h7,10-13,15,20H,4-6,8-9H2,1-3H3. The van der Waals surface area contributed by atoms with E-state index in [0.717, 1.165) is 11.6 Å². The molecule has 20 heavy (non-hydrogen) atoms. The third kappa shape index (κ3) is 3.32. The van der Waals surface area contributed by atoms with Gasteiger partial charge in [0.2, 0.25) is 0 Å². The van der Waals surface area contributed by atoms with Gasteiger partial charge in [-0.25, -0.2) is 4.39 Å². The summed E-state index contributed by atoms with van der Waals surface area (Å²) >= 11 is 0. The van der Waals surface area contributed by atoms with Crippen LogP contribution in [0.25, 0.3) is 0 Å². The summed E-state index contributed by atoms with van der Waals surface area (Å²) in [4.78, 5) is 2.23. The quantitative estimate of drug-likeness (QED) is 0.889. The van der Waals surface area contributed by atoms with E-state index in [4.69, 9.17) is 0 Å². The van der Waals surface area contributed by atoms with Crippen LogP contribution < -0.4 is 4.90 Å². The molecule has 0 spiro atoms. The minimum absolute atomic E-state index is 0.284. The fourth-order valence-corrected chi connectivity index (χ4v) is 3.32. The van der Waals surface area contributed by atoms with Gasteiger partial charge in [-0.1, -0.05) is 13.3 Å². The largest absolute Gasteiger partial charge is 0.389 e. The average molecular weight is 279 g/mol. The third-order valence-corrected chi connectivity index (χ3v) is 4.76. The van der Waals surface area contributed by atoms with Crippen molar-refractivity contribution in [2.75, 3.05) is 11.9 Å². The van der Waals surface area contributed by atoms with E-state index in [1.165, 1.54) is 44.2 Å². The lowest BCUT2D eigenvalue weighted by Crippen LogP contribution is -2.35. The summed E-state index contributed by atoms with van der Waals surface area (Å²) in [6, 6.07) is 5.23. The predicted molar refractivity (Wildman–Crippen MR) is 81.5 cm³/mol. The summed E-state index contributed by atoms with van der Waals surface area (Å²) in [6.45, 7) is 3.96. The van der Waals surface area contributed by atoms with E-state index in [1.54, 1.807) is 13.0 Å². The summed E-state index contributed by atoms with van der Waals surface area (Å²) in [5, 5.41) is 9.86. The van der Waals surface area contributed by atoms with Crippen molar-refractivity contribution in [3.63, 3.8) is 0 Å². The Kier molecular flexibility index (Phi) is 5.03. The monoisotopic (exact) mass is 279 g/mol. The van der Waals surface area contributed by atoms with Gasteiger partial charge in [0.05, 0.1) is 6.10 Å². The number of rotatable bonds is 4. The fourth-order valence-electron chi connectivity index (χ4n) is 3.32. The minimum Gasteiger partial charge on any atom is -0.389 e. The van der Waals surface area contributed by atoms with E-state index >= 15 is 0 Å². The Morgan fingerprint density at radius 1 is 1.30 bits per heavy atom. The second-order valence-electron chi connectivity index (χ2n) is 6.07. The lowest BCUT2D eigenvalue weighted by atomic mass is 9.84. The van der Waals surface area contributed by atoms with Crippen molar-refractivity contribution in [3.8, 4) is 0 Å². The van der Waals surface area contributed by atoms with Crippen molar-refractivity contribution in [3.05, 3.63) is 29.6 Å². The first kappa shape index (κ1) is 15.3. The summed E-state index contributed by atoms with van der Waals surface area (Å²) in [5.74, 6) is 0.580. The number of hydrogen-bond donors (Lipinski definition) is 1. The molecule has 1 N–H and O–H groups in total. The zero-order valence-corrected chi connectivity index (χ0v) is 12.8. The van der Waals surface area contributed by atoms with Crippen LogP contribution in [0.5, 0.6) is 0 Å². The van der Waals surface area contributed by atoms with Crippen LogP contribution in [0.3, 0.4) is 0 Å². The molecule has 0 aromatic heterocycles. The Bertz CT molecular complexity index is 439. The van der Waals surface area contributed by atoms with Crippen molar-refractivity contribution >= 4 is 5.69 Å². The van der Waals surface area contributed by atoms with Crippen LogP contribution in [-0.4, -0.2) is 18.2 Å². The first-order valence-electron chi connectivity index (χ1n) is 7.73. The van der Waals surface area contributed by atoms with Crippen molar-refractivity contribution < 1.29 is 9.50 Å². The first-order valence-corrected chi connectivity index (χ1v) is 7.73. The van der Waals surface area contributed by atoms with Crippen LogP contribution >= 0.6 is 0 Å². The molecule has 0 aliphatic heterocycles. The van der Waals surface area contributed by atoms with Gasteiger partial charge in [0.1, 0.15) is 5.82 Å². The van der Waals surface area contributed by atoms with Crippen LogP contribution in [0.4, 0.5) is 10.1 Å². The van der Waals surface area contributed by atoms with Gasteiger partial charge in [-0.15, -0.1) is 0 Å². The third-order valence-electron chi connectivity index (χ3n) is 4.76. The van der Waals surface area contributed by atoms with Crippen LogP contribution in [0, 0.1) is 11.7 Å². The SMILES string of the molecule is CCC1CCC(N(C)c2ccc(F)cc2C(C)O)CC1. The number of aliphatic hydroxyl groups excluding tert-OH is 1. The van der Waals surface area contributed by atoms with Crippen molar-refractivity contribution in [1.29, 1.82) is 0 Å². The molecular formula is C17H26FNO. The molecule has 0 bridgehead atoms. The van der Waals surface area contributed by atoms with E-state index in [0.29, 0.717) is 11.6 Å². The number of halogens is 1. The van der Waals surface area contributed by atoms with E-state index < -0.39 is 6.10 Å². The summed E-state index contributed by atoms with van der Waals surface area (Å²) in [5.41, 5.74) is 1.64. The number of benzene rings is 1. The molecule has 0 heterocycles. The van der Waals surface area contributed by atoms with Gasteiger partial charge in [-0.3, -0.25) is 0 Å². The highest BCUT2D eigenvalue weighted by Gasteiger charge is 2.25. The van der Waals surface area contributed by atoms with Gasteiger partial charge in [0.25, 0.3) is 0 Å². The topological polar surface area (TPSA) is 23.5 Å². The predicted octanol–water partition coefficient (Wildman–Crippen LogP) is 4.28. The highest BCUT2D eigenvalue weighted by molar-refractivity contribution is 5.55. The van der Waals surface area contributed by atoms with Gasteiger partial charge in [0.15, 0.2) is 0 Å². The Morgan fingerprint density at radius 3 is 2.50 bits per heavy atom. The molecule has 1 aromatic rings. The Balaban J connectivity index is 2.15. The maximum Gasteiger partial charge on any atom is 0.123 e. The fraction of sp³-hybridized carbons (Fsp3) is 0.647. The second-order valence-corrected chi connectivity index (χ2v) is 6.07. The van der Waals surface area contributed by atoms with E-state index in [2.05, 4.69) is 18.9 Å². The van der Waals surface area contributed by atoms with Gasteiger partial charge >= 0.3 is 0 Å². The molecule has 2 rings (SSSR count).